The zero-order valence-corrected chi connectivity index (χ0v) is 24.2. The van der Waals surface area contributed by atoms with Crippen molar-refractivity contribution in [1.29, 1.82) is 0 Å². The zero-order chi connectivity index (χ0) is 29.4. The Kier molecular flexibility index (Phi) is 9.63. The number of amides is 3. The van der Waals surface area contributed by atoms with Gasteiger partial charge in [-0.25, -0.2) is 9.48 Å². The number of methoxy groups -OCH3 is 1. The fraction of sp³-hybridized carbons (Fsp3) is 0.281. The molecule has 1 aromatic heterocycles. The van der Waals surface area contributed by atoms with Gasteiger partial charge in [0.2, 0.25) is 5.91 Å². The van der Waals surface area contributed by atoms with Gasteiger partial charge in [0, 0.05) is 17.8 Å². The maximum absolute atomic E-state index is 13.5. The van der Waals surface area contributed by atoms with Crippen molar-refractivity contribution < 1.29 is 19.1 Å². The summed E-state index contributed by atoms with van der Waals surface area (Å²) in [4.78, 5) is 28.3. The van der Waals surface area contributed by atoms with E-state index in [1.54, 1.807) is 36.1 Å². The lowest BCUT2D eigenvalue weighted by Crippen LogP contribution is -2.42. The SMILES string of the molecule is CCOc1ccc(NC(=O)N(CC(=O)Nc2c(-c3ccccc3)c(C)nn2-c2ccc(OC)cc2)CC(C)C)cc1. The quantitative estimate of drug-likeness (QED) is 0.224. The lowest BCUT2D eigenvalue weighted by Gasteiger charge is -2.24. The number of nitrogens with zero attached hydrogens (tertiary/aromatic N) is 3. The summed E-state index contributed by atoms with van der Waals surface area (Å²) in [6.45, 7) is 8.66. The highest BCUT2D eigenvalue weighted by molar-refractivity contribution is 5.99. The standard InChI is InChI=1S/C32H37N5O4/c1-6-41-28-16-12-25(13-17-28)33-32(39)36(20-22(2)3)21-29(38)34-31-30(24-10-8-7-9-11-24)23(4)35-37(31)26-14-18-27(40-5)19-15-26/h7-19,22H,6,20-21H2,1-5H3,(H,33,39)(H,34,38). The first-order chi connectivity index (χ1) is 19.8. The largest absolute Gasteiger partial charge is 0.497 e. The highest BCUT2D eigenvalue weighted by Crippen LogP contribution is 2.33. The molecule has 0 fully saturated rings. The predicted molar refractivity (Wildman–Crippen MR) is 162 cm³/mol. The number of aromatic nitrogens is 2. The Labute approximate surface area is 241 Å². The third-order valence-electron chi connectivity index (χ3n) is 6.32. The van der Waals surface area contributed by atoms with Gasteiger partial charge in [0.25, 0.3) is 0 Å². The second-order valence-corrected chi connectivity index (χ2v) is 9.99. The van der Waals surface area contributed by atoms with Gasteiger partial charge in [-0.2, -0.15) is 5.10 Å². The second kappa shape index (κ2) is 13.5. The smallest absolute Gasteiger partial charge is 0.322 e. The molecule has 4 aromatic rings. The molecule has 9 nitrogen and oxygen atoms in total. The molecule has 2 N–H and O–H groups in total. The van der Waals surface area contributed by atoms with Crippen LogP contribution in [0.25, 0.3) is 16.8 Å². The zero-order valence-electron chi connectivity index (χ0n) is 24.2. The number of urea groups is 1. The Bertz CT molecular complexity index is 1450. The summed E-state index contributed by atoms with van der Waals surface area (Å²) in [5.41, 5.74) is 3.87. The summed E-state index contributed by atoms with van der Waals surface area (Å²) in [6, 6.07) is 24.0. The average Bonchev–Trinajstić information content (AvgIpc) is 3.29. The maximum atomic E-state index is 13.5. The number of ether oxygens (including phenoxy) is 2. The van der Waals surface area contributed by atoms with E-state index in [9.17, 15) is 9.59 Å². The molecular weight excluding hydrogens is 518 g/mol. The van der Waals surface area contributed by atoms with Gasteiger partial charge in [-0.1, -0.05) is 44.2 Å². The van der Waals surface area contributed by atoms with Crippen LogP contribution in [0.3, 0.4) is 0 Å². The first kappa shape index (κ1) is 29.2. The van der Waals surface area contributed by atoms with Gasteiger partial charge in [-0.3, -0.25) is 4.79 Å². The number of benzene rings is 3. The van der Waals surface area contributed by atoms with Crippen LogP contribution in [-0.2, 0) is 4.79 Å². The molecule has 0 aliphatic carbocycles. The predicted octanol–water partition coefficient (Wildman–Crippen LogP) is 6.38. The number of hydrogen-bond donors (Lipinski definition) is 2. The summed E-state index contributed by atoms with van der Waals surface area (Å²) in [5.74, 6) is 1.79. The van der Waals surface area contributed by atoms with E-state index in [2.05, 4.69) is 10.6 Å². The second-order valence-electron chi connectivity index (χ2n) is 9.99. The van der Waals surface area contributed by atoms with Crippen molar-refractivity contribution in [3.05, 3.63) is 84.6 Å². The van der Waals surface area contributed by atoms with E-state index in [1.165, 1.54) is 4.90 Å². The van der Waals surface area contributed by atoms with Crippen molar-refractivity contribution >= 4 is 23.4 Å². The molecule has 214 valence electrons. The van der Waals surface area contributed by atoms with E-state index < -0.39 is 0 Å². The third kappa shape index (κ3) is 7.45. The average molecular weight is 556 g/mol. The van der Waals surface area contributed by atoms with Gasteiger partial charge in [0.05, 0.1) is 25.1 Å². The summed E-state index contributed by atoms with van der Waals surface area (Å²) in [7, 11) is 1.61. The van der Waals surface area contributed by atoms with Crippen LogP contribution in [0.4, 0.5) is 16.3 Å². The summed E-state index contributed by atoms with van der Waals surface area (Å²) in [6.07, 6.45) is 0. The molecule has 0 atom stereocenters. The molecule has 0 aliphatic heterocycles. The molecule has 3 amide bonds. The molecule has 4 rings (SSSR count). The number of carbonyl (C=O) groups is 2. The van der Waals surface area contributed by atoms with E-state index in [-0.39, 0.29) is 24.4 Å². The van der Waals surface area contributed by atoms with Gasteiger partial charge < -0.3 is 25.0 Å². The number of nitrogens with one attached hydrogen (secondary N) is 2. The molecule has 1 heterocycles. The van der Waals surface area contributed by atoms with Gasteiger partial charge in [0.15, 0.2) is 0 Å². The normalized spacial score (nSPS) is 10.8. The van der Waals surface area contributed by atoms with Crippen LogP contribution in [0.1, 0.15) is 26.5 Å². The molecule has 0 radical (unpaired) electrons. The van der Waals surface area contributed by atoms with Gasteiger partial charge in [-0.05, 0) is 73.9 Å². The Morgan fingerprint density at radius 3 is 2.20 bits per heavy atom. The number of aryl methyl sites for hydroxylation is 1. The Morgan fingerprint density at radius 2 is 1.59 bits per heavy atom. The number of carbonyl (C=O) groups excluding carboxylic acids is 2. The van der Waals surface area contributed by atoms with Crippen molar-refractivity contribution in [3.8, 4) is 28.3 Å². The molecule has 0 bridgehead atoms. The monoisotopic (exact) mass is 555 g/mol. The van der Waals surface area contributed by atoms with Crippen LogP contribution in [0.2, 0.25) is 0 Å². The highest BCUT2D eigenvalue weighted by Gasteiger charge is 2.23. The molecule has 0 spiro atoms. The third-order valence-corrected chi connectivity index (χ3v) is 6.32. The minimum absolute atomic E-state index is 0.137. The van der Waals surface area contributed by atoms with E-state index in [0.717, 1.165) is 34.0 Å². The van der Waals surface area contributed by atoms with Crippen molar-refractivity contribution in [2.45, 2.75) is 27.7 Å². The first-order valence-corrected chi connectivity index (χ1v) is 13.7. The molecular formula is C32H37N5O4. The number of hydrogen-bond acceptors (Lipinski definition) is 5. The molecule has 0 saturated heterocycles. The molecule has 3 aromatic carbocycles. The van der Waals surface area contributed by atoms with E-state index >= 15 is 0 Å². The van der Waals surface area contributed by atoms with Crippen LogP contribution in [0.5, 0.6) is 11.5 Å². The van der Waals surface area contributed by atoms with Gasteiger partial charge >= 0.3 is 6.03 Å². The Balaban J connectivity index is 1.60. The molecule has 9 heteroatoms. The van der Waals surface area contributed by atoms with Crippen molar-refractivity contribution in [2.75, 3.05) is 37.4 Å². The van der Waals surface area contributed by atoms with Crippen LogP contribution >= 0.6 is 0 Å². The first-order valence-electron chi connectivity index (χ1n) is 13.7. The molecule has 0 aliphatic rings. The van der Waals surface area contributed by atoms with Crippen LogP contribution < -0.4 is 20.1 Å². The van der Waals surface area contributed by atoms with Crippen LogP contribution in [-0.4, -0.2) is 53.4 Å². The fourth-order valence-electron chi connectivity index (χ4n) is 4.51. The van der Waals surface area contributed by atoms with Gasteiger partial charge in [-0.15, -0.1) is 0 Å². The maximum Gasteiger partial charge on any atom is 0.322 e. The minimum atomic E-state index is -0.360. The van der Waals surface area contributed by atoms with Gasteiger partial charge in [0.1, 0.15) is 23.9 Å². The number of anilines is 2. The lowest BCUT2D eigenvalue weighted by molar-refractivity contribution is -0.116. The van der Waals surface area contributed by atoms with E-state index in [4.69, 9.17) is 14.6 Å². The van der Waals surface area contributed by atoms with Crippen LogP contribution in [0, 0.1) is 12.8 Å². The summed E-state index contributed by atoms with van der Waals surface area (Å²) in [5, 5.41) is 10.7. The topological polar surface area (TPSA) is 97.7 Å². The van der Waals surface area contributed by atoms with Crippen molar-refractivity contribution in [1.82, 2.24) is 14.7 Å². The van der Waals surface area contributed by atoms with Crippen LogP contribution in [0.15, 0.2) is 78.9 Å². The molecule has 0 unspecified atom stereocenters. The lowest BCUT2D eigenvalue weighted by atomic mass is 10.1. The molecule has 0 saturated carbocycles. The highest BCUT2D eigenvalue weighted by atomic mass is 16.5. The number of rotatable bonds is 11. The van der Waals surface area contributed by atoms with Crippen molar-refractivity contribution in [3.63, 3.8) is 0 Å². The Morgan fingerprint density at radius 1 is 0.927 bits per heavy atom. The molecule has 41 heavy (non-hydrogen) atoms. The summed E-state index contributed by atoms with van der Waals surface area (Å²) >= 11 is 0. The Hall–Kier alpha value is -4.79. The summed E-state index contributed by atoms with van der Waals surface area (Å²) < 4.78 is 12.5. The van der Waals surface area contributed by atoms with E-state index in [0.29, 0.717) is 24.7 Å². The van der Waals surface area contributed by atoms with Crippen molar-refractivity contribution in [2.24, 2.45) is 5.92 Å². The fourth-order valence-corrected chi connectivity index (χ4v) is 4.51. The van der Waals surface area contributed by atoms with E-state index in [1.807, 2.05) is 82.3 Å². The minimum Gasteiger partial charge on any atom is -0.497 e.